The zero-order valence-corrected chi connectivity index (χ0v) is 10.9. The van der Waals surface area contributed by atoms with E-state index in [0.29, 0.717) is 11.1 Å². The lowest BCUT2D eigenvalue weighted by Crippen LogP contribution is -2.22. The largest absolute Gasteiger partial charge is 0.238 e. The maximum absolute atomic E-state index is 10.8. The molecule has 0 fully saturated rings. The van der Waals surface area contributed by atoms with Crippen molar-refractivity contribution in [3.63, 3.8) is 0 Å². The summed E-state index contributed by atoms with van der Waals surface area (Å²) in [5.74, 6) is 0. The third kappa shape index (κ3) is 2.47. The van der Waals surface area contributed by atoms with E-state index in [0.717, 1.165) is 5.56 Å². The Kier molecular flexibility index (Phi) is 4.02. The van der Waals surface area contributed by atoms with Gasteiger partial charge in [-0.25, -0.2) is 9.59 Å². The lowest BCUT2D eigenvalue weighted by atomic mass is 9.91. The molecule has 0 spiro atoms. The molecule has 0 aliphatic heterocycles. The molecule has 0 saturated heterocycles. The number of aryl methyl sites for hydroxylation is 1. The minimum atomic E-state index is -1.42. The van der Waals surface area contributed by atoms with Gasteiger partial charge in [-0.3, -0.25) is 0 Å². The van der Waals surface area contributed by atoms with E-state index >= 15 is 0 Å². The Morgan fingerprint density at radius 3 is 1.80 bits per heavy atom. The van der Waals surface area contributed by atoms with Crippen molar-refractivity contribution in [1.82, 2.24) is 0 Å². The van der Waals surface area contributed by atoms with Crippen LogP contribution in [0.15, 0.2) is 64.6 Å². The van der Waals surface area contributed by atoms with E-state index in [4.69, 9.17) is 0 Å². The second kappa shape index (κ2) is 5.89. The number of nitrogens with zero attached hydrogens (tertiary/aromatic N) is 2. The average Bonchev–Trinajstić information content (AvgIpc) is 2.48. The van der Waals surface area contributed by atoms with E-state index in [1.165, 1.54) is 12.2 Å². The Morgan fingerprint density at radius 2 is 1.30 bits per heavy atom. The van der Waals surface area contributed by atoms with Gasteiger partial charge in [-0.1, -0.05) is 60.2 Å². The molecule has 4 heteroatoms. The molecule has 0 amide bonds. The summed E-state index contributed by atoms with van der Waals surface area (Å²) in [6.45, 7) is 1.94. The van der Waals surface area contributed by atoms with E-state index in [9.17, 15) is 9.59 Å². The molecule has 0 radical (unpaired) electrons. The number of isocyanates is 2. The fourth-order valence-electron chi connectivity index (χ4n) is 2.04. The first-order chi connectivity index (χ1) is 9.73. The highest BCUT2D eigenvalue weighted by Gasteiger charge is 2.34. The summed E-state index contributed by atoms with van der Waals surface area (Å²) in [5.41, 5.74) is 0.857. The summed E-state index contributed by atoms with van der Waals surface area (Å²) < 4.78 is 0. The molecule has 4 nitrogen and oxygen atoms in total. The van der Waals surface area contributed by atoms with Gasteiger partial charge < -0.3 is 0 Å². The van der Waals surface area contributed by atoms with Gasteiger partial charge in [0.05, 0.1) is 0 Å². The second-order valence-electron chi connectivity index (χ2n) is 4.31. The molecule has 0 aliphatic rings. The molecule has 0 aromatic heterocycles. The summed E-state index contributed by atoms with van der Waals surface area (Å²) in [6.07, 6.45) is 3.01. The van der Waals surface area contributed by atoms with Crippen LogP contribution in [0, 0.1) is 6.92 Å². The van der Waals surface area contributed by atoms with Crippen molar-refractivity contribution in [2.45, 2.75) is 12.6 Å². The van der Waals surface area contributed by atoms with Crippen LogP contribution in [0.5, 0.6) is 0 Å². The molecule has 2 rings (SSSR count). The second-order valence-corrected chi connectivity index (χ2v) is 4.31. The first-order valence-corrected chi connectivity index (χ1v) is 6.03. The first kappa shape index (κ1) is 13.6. The quantitative estimate of drug-likeness (QED) is 0.629. The number of benzene rings is 2. The van der Waals surface area contributed by atoms with Crippen LogP contribution in [0.25, 0.3) is 0 Å². The van der Waals surface area contributed by atoms with Crippen LogP contribution in [0.2, 0.25) is 0 Å². The van der Waals surface area contributed by atoms with Gasteiger partial charge in [-0.05, 0) is 6.92 Å². The Labute approximate surface area is 116 Å². The van der Waals surface area contributed by atoms with Crippen LogP contribution < -0.4 is 0 Å². The highest BCUT2D eigenvalue weighted by molar-refractivity contribution is 5.49. The summed E-state index contributed by atoms with van der Waals surface area (Å²) >= 11 is 0. The fourth-order valence-corrected chi connectivity index (χ4v) is 2.04. The Morgan fingerprint density at radius 1 is 0.800 bits per heavy atom. The predicted octanol–water partition coefficient (Wildman–Crippen LogP) is 2.87. The number of hydrogen-bond donors (Lipinski definition) is 0. The van der Waals surface area contributed by atoms with Crippen molar-refractivity contribution in [3.05, 3.63) is 71.3 Å². The molecule has 20 heavy (non-hydrogen) atoms. The minimum Gasteiger partial charge on any atom is -0.211 e. The van der Waals surface area contributed by atoms with Crippen molar-refractivity contribution < 1.29 is 9.59 Å². The summed E-state index contributed by atoms with van der Waals surface area (Å²) in [5, 5.41) is 0. The van der Waals surface area contributed by atoms with Gasteiger partial charge in [-0.2, -0.15) is 9.98 Å². The lowest BCUT2D eigenvalue weighted by molar-refractivity contribution is 0.516. The zero-order chi connectivity index (χ0) is 14.4. The number of hydrogen-bond acceptors (Lipinski definition) is 4. The van der Waals surface area contributed by atoms with E-state index in [1.54, 1.807) is 36.4 Å². The average molecular weight is 264 g/mol. The summed E-state index contributed by atoms with van der Waals surface area (Å²) in [4.78, 5) is 29.2. The molecule has 2 aromatic rings. The van der Waals surface area contributed by atoms with Crippen molar-refractivity contribution in [2.24, 2.45) is 9.98 Å². The third-order valence-corrected chi connectivity index (χ3v) is 3.05. The van der Waals surface area contributed by atoms with Gasteiger partial charge in [0.1, 0.15) is 0 Å². The van der Waals surface area contributed by atoms with Gasteiger partial charge in [0, 0.05) is 11.1 Å². The lowest BCUT2D eigenvalue weighted by Gasteiger charge is -2.23. The zero-order valence-electron chi connectivity index (χ0n) is 10.9. The van der Waals surface area contributed by atoms with E-state index in [2.05, 4.69) is 9.98 Å². The predicted molar refractivity (Wildman–Crippen MR) is 74.6 cm³/mol. The molecule has 0 aliphatic carbocycles. The molecule has 0 saturated carbocycles. The third-order valence-electron chi connectivity index (χ3n) is 3.05. The minimum absolute atomic E-state index is 0.607. The molecule has 0 bridgehead atoms. The van der Waals surface area contributed by atoms with Crippen LogP contribution in [-0.2, 0) is 15.3 Å². The number of rotatable bonds is 4. The molecule has 98 valence electrons. The van der Waals surface area contributed by atoms with E-state index in [-0.39, 0.29) is 0 Å². The van der Waals surface area contributed by atoms with Crippen LogP contribution in [0.4, 0.5) is 0 Å². The van der Waals surface area contributed by atoms with Gasteiger partial charge in [0.2, 0.25) is 17.8 Å². The van der Waals surface area contributed by atoms with Crippen molar-refractivity contribution in [1.29, 1.82) is 0 Å². The SMILES string of the molecule is Cc1ccc(C(N=C=O)(N=C=O)c2ccccc2)cc1. The topological polar surface area (TPSA) is 58.9 Å². The van der Waals surface area contributed by atoms with Crippen LogP contribution in [-0.4, -0.2) is 12.2 Å². The summed E-state index contributed by atoms with van der Waals surface area (Å²) in [7, 11) is 0. The number of carbonyl (C=O) groups excluding carboxylic acids is 2. The number of aliphatic imine (C=N–C) groups is 2. The van der Waals surface area contributed by atoms with E-state index < -0.39 is 5.66 Å². The molecule has 0 atom stereocenters. The van der Waals surface area contributed by atoms with Crippen LogP contribution in [0.3, 0.4) is 0 Å². The fraction of sp³-hybridized carbons (Fsp3) is 0.125. The molecule has 0 unspecified atom stereocenters. The normalized spacial score (nSPS) is 12.7. The van der Waals surface area contributed by atoms with Gasteiger partial charge in [-0.15, -0.1) is 0 Å². The van der Waals surface area contributed by atoms with Crippen molar-refractivity contribution in [2.75, 3.05) is 0 Å². The smallest absolute Gasteiger partial charge is 0.211 e. The highest BCUT2D eigenvalue weighted by Crippen LogP contribution is 2.34. The van der Waals surface area contributed by atoms with Crippen molar-refractivity contribution in [3.8, 4) is 0 Å². The molecule has 0 heterocycles. The molecular weight excluding hydrogens is 252 g/mol. The monoisotopic (exact) mass is 264 g/mol. The molecule has 0 N–H and O–H groups in total. The van der Waals surface area contributed by atoms with Gasteiger partial charge >= 0.3 is 0 Å². The van der Waals surface area contributed by atoms with Gasteiger partial charge in [0.25, 0.3) is 0 Å². The molecular formula is C16H12N2O2. The van der Waals surface area contributed by atoms with Gasteiger partial charge in [0.15, 0.2) is 0 Å². The van der Waals surface area contributed by atoms with E-state index in [1.807, 2.05) is 25.1 Å². The maximum atomic E-state index is 10.8. The highest BCUT2D eigenvalue weighted by atomic mass is 16.1. The van der Waals surface area contributed by atoms with Crippen LogP contribution >= 0.6 is 0 Å². The standard InChI is InChI=1S/C16H12N2O2/c1-13-7-9-15(10-8-13)16(17-11-19,18-12-20)14-5-3-2-4-6-14/h2-10H,1H3. The first-order valence-electron chi connectivity index (χ1n) is 6.03. The van der Waals surface area contributed by atoms with Crippen LogP contribution in [0.1, 0.15) is 16.7 Å². The Bertz CT molecular complexity index is 662. The molecule has 2 aromatic carbocycles. The maximum Gasteiger partial charge on any atom is 0.238 e. The Hall–Kier alpha value is -2.80. The summed E-state index contributed by atoms with van der Waals surface area (Å²) in [6, 6.07) is 16.2. The van der Waals surface area contributed by atoms with Crippen molar-refractivity contribution >= 4 is 12.2 Å². The Balaban J connectivity index is 2.74.